The number of rotatable bonds is 4. The van der Waals surface area contributed by atoms with E-state index in [-0.39, 0.29) is 12.8 Å². The number of esters is 1. The maximum atomic E-state index is 10.9. The first-order chi connectivity index (χ1) is 6.87. The monoisotopic (exact) mass is 217 g/mol. The van der Waals surface area contributed by atoms with Crippen molar-refractivity contribution in [1.29, 1.82) is 0 Å². The number of ether oxygens (including phenoxy) is 1. The molecular weight excluding hydrogens is 206 g/mol. The number of nitrogens with two attached hydrogens (primary N) is 1. The molecule has 0 radical (unpaired) electrons. The van der Waals surface area contributed by atoms with Crippen LogP contribution in [0.4, 0.5) is 0 Å². The lowest BCUT2D eigenvalue weighted by Gasteiger charge is -2.24. The summed E-state index contributed by atoms with van der Waals surface area (Å²) in [6.07, 6.45) is -0.482. The maximum absolute atomic E-state index is 10.9. The molecule has 0 aromatic carbocycles. The standard InChI is InChI=1S/C8H11NO6/c9-4(6(11)12)3-8(7(13)14)2-1-5(10)15-8/h4H,1-3,9H2,(H,11,12)(H,13,14)/t4-,8+/m1/s1. The van der Waals surface area contributed by atoms with E-state index >= 15 is 0 Å². The van der Waals surface area contributed by atoms with Crippen LogP contribution < -0.4 is 5.73 Å². The van der Waals surface area contributed by atoms with Crippen LogP contribution in [-0.4, -0.2) is 39.8 Å². The number of cyclic esters (lactones) is 1. The van der Waals surface area contributed by atoms with Crippen LogP contribution in [0.1, 0.15) is 19.3 Å². The van der Waals surface area contributed by atoms with Gasteiger partial charge in [0.1, 0.15) is 6.04 Å². The Labute approximate surface area is 84.8 Å². The van der Waals surface area contributed by atoms with Crippen molar-refractivity contribution in [2.24, 2.45) is 5.73 Å². The van der Waals surface area contributed by atoms with E-state index in [0.717, 1.165) is 0 Å². The predicted molar refractivity (Wildman–Crippen MR) is 45.9 cm³/mol. The molecular formula is C8H11NO6. The van der Waals surface area contributed by atoms with Gasteiger partial charge in [-0.3, -0.25) is 9.59 Å². The lowest BCUT2D eigenvalue weighted by Crippen LogP contribution is -2.46. The number of carboxylic acid groups (broad SMARTS) is 2. The Bertz CT molecular complexity index is 314. The van der Waals surface area contributed by atoms with Crippen LogP contribution >= 0.6 is 0 Å². The highest BCUT2D eigenvalue weighted by Crippen LogP contribution is 2.31. The second-order valence-corrected chi connectivity index (χ2v) is 3.42. The zero-order chi connectivity index (χ0) is 11.6. The summed E-state index contributed by atoms with van der Waals surface area (Å²) in [5.74, 6) is -3.32. The average Bonchev–Trinajstić information content (AvgIpc) is 2.48. The first kappa shape index (κ1) is 11.4. The molecule has 0 amide bonds. The molecule has 1 aliphatic heterocycles. The number of hydrogen-bond acceptors (Lipinski definition) is 5. The van der Waals surface area contributed by atoms with Crippen LogP contribution in [0, 0.1) is 0 Å². The minimum Gasteiger partial charge on any atom is -0.480 e. The van der Waals surface area contributed by atoms with Gasteiger partial charge in [0.25, 0.3) is 0 Å². The molecule has 0 saturated carbocycles. The summed E-state index contributed by atoms with van der Waals surface area (Å²) in [4.78, 5) is 32.2. The van der Waals surface area contributed by atoms with Crippen molar-refractivity contribution in [3.05, 3.63) is 0 Å². The van der Waals surface area contributed by atoms with E-state index in [1.54, 1.807) is 0 Å². The molecule has 0 aliphatic carbocycles. The summed E-state index contributed by atoms with van der Waals surface area (Å²) in [6.45, 7) is 0. The summed E-state index contributed by atoms with van der Waals surface area (Å²) in [5, 5.41) is 17.4. The van der Waals surface area contributed by atoms with Crippen molar-refractivity contribution in [2.45, 2.75) is 30.9 Å². The molecule has 0 aromatic heterocycles. The highest BCUT2D eigenvalue weighted by molar-refractivity contribution is 5.86. The normalized spacial score (nSPS) is 27.1. The molecule has 7 nitrogen and oxygen atoms in total. The molecule has 1 rings (SSSR count). The van der Waals surface area contributed by atoms with Crippen LogP contribution in [0.3, 0.4) is 0 Å². The van der Waals surface area contributed by atoms with Crippen molar-refractivity contribution >= 4 is 17.9 Å². The average molecular weight is 217 g/mol. The summed E-state index contributed by atoms with van der Waals surface area (Å²) in [5.41, 5.74) is 3.44. The Morgan fingerprint density at radius 3 is 2.47 bits per heavy atom. The largest absolute Gasteiger partial charge is 0.480 e. The number of carboxylic acids is 2. The minimum absolute atomic E-state index is 0.0291. The van der Waals surface area contributed by atoms with Crippen LogP contribution in [0.25, 0.3) is 0 Å². The lowest BCUT2D eigenvalue weighted by molar-refractivity contribution is -0.171. The van der Waals surface area contributed by atoms with Gasteiger partial charge in [0.05, 0.1) is 0 Å². The highest BCUT2D eigenvalue weighted by atomic mass is 16.6. The summed E-state index contributed by atoms with van der Waals surface area (Å²) >= 11 is 0. The molecule has 4 N–H and O–H groups in total. The van der Waals surface area contributed by atoms with Crippen molar-refractivity contribution < 1.29 is 29.3 Å². The maximum Gasteiger partial charge on any atom is 0.348 e. The highest BCUT2D eigenvalue weighted by Gasteiger charge is 2.49. The molecule has 0 bridgehead atoms. The van der Waals surface area contributed by atoms with E-state index in [4.69, 9.17) is 15.9 Å². The molecule has 84 valence electrons. The summed E-state index contributed by atoms with van der Waals surface area (Å²) in [6, 6.07) is -1.35. The first-order valence-corrected chi connectivity index (χ1v) is 4.31. The number of aliphatic carboxylic acids is 2. The van der Waals surface area contributed by atoms with Crippen molar-refractivity contribution in [3.8, 4) is 0 Å². The fourth-order valence-corrected chi connectivity index (χ4v) is 1.45. The van der Waals surface area contributed by atoms with Gasteiger partial charge in [0, 0.05) is 19.3 Å². The van der Waals surface area contributed by atoms with Gasteiger partial charge in [-0.15, -0.1) is 0 Å². The van der Waals surface area contributed by atoms with Crippen LogP contribution in [0.15, 0.2) is 0 Å². The molecule has 15 heavy (non-hydrogen) atoms. The first-order valence-electron chi connectivity index (χ1n) is 4.31. The van der Waals surface area contributed by atoms with Gasteiger partial charge < -0.3 is 20.7 Å². The van der Waals surface area contributed by atoms with Gasteiger partial charge in [0.15, 0.2) is 0 Å². The topological polar surface area (TPSA) is 127 Å². The quantitative estimate of drug-likeness (QED) is 0.512. The molecule has 1 saturated heterocycles. The number of carbonyl (C=O) groups excluding carboxylic acids is 1. The molecule has 0 unspecified atom stereocenters. The Hall–Kier alpha value is -1.63. The van der Waals surface area contributed by atoms with E-state index in [9.17, 15) is 14.4 Å². The fourth-order valence-electron chi connectivity index (χ4n) is 1.45. The molecule has 1 heterocycles. The SMILES string of the molecule is N[C@H](C[C@]1(C(=O)O)CCC(=O)O1)C(=O)O. The number of hydrogen-bond donors (Lipinski definition) is 3. The number of carbonyl (C=O) groups is 3. The molecule has 7 heteroatoms. The summed E-state index contributed by atoms with van der Waals surface area (Å²) in [7, 11) is 0. The van der Waals surface area contributed by atoms with Crippen LogP contribution in [0.2, 0.25) is 0 Å². The third-order valence-electron chi connectivity index (χ3n) is 2.30. The fraction of sp³-hybridized carbons (Fsp3) is 0.625. The lowest BCUT2D eigenvalue weighted by atomic mass is 9.92. The Morgan fingerprint density at radius 1 is 1.53 bits per heavy atom. The molecule has 2 atom stereocenters. The van der Waals surface area contributed by atoms with Crippen LogP contribution in [0.5, 0.6) is 0 Å². The van der Waals surface area contributed by atoms with Gasteiger partial charge in [-0.25, -0.2) is 4.79 Å². The molecule has 0 spiro atoms. The molecule has 1 fully saturated rings. The van der Waals surface area contributed by atoms with Crippen LogP contribution in [-0.2, 0) is 19.1 Å². The second-order valence-electron chi connectivity index (χ2n) is 3.42. The van der Waals surface area contributed by atoms with E-state index in [1.807, 2.05) is 0 Å². The minimum atomic E-state index is -1.77. The third kappa shape index (κ3) is 2.24. The van der Waals surface area contributed by atoms with E-state index < -0.39 is 36.0 Å². The zero-order valence-electron chi connectivity index (χ0n) is 7.80. The molecule has 1 aliphatic rings. The predicted octanol–water partition coefficient (Wildman–Crippen LogP) is -1.05. The zero-order valence-corrected chi connectivity index (χ0v) is 7.80. The third-order valence-corrected chi connectivity index (χ3v) is 2.30. The molecule has 0 aromatic rings. The van der Waals surface area contributed by atoms with Crippen molar-refractivity contribution in [3.63, 3.8) is 0 Å². The van der Waals surface area contributed by atoms with E-state index in [0.29, 0.717) is 0 Å². The van der Waals surface area contributed by atoms with Gasteiger partial charge in [-0.2, -0.15) is 0 Å². The summed E-state index contributed by atoms with van der Waals surface area (Å²) < 4.78 is 4.65. The van der Waals surface area contributed by atoms with Gasteiger partial charge in [0.2, 0.25) is 5.60 Å². The Morgan fingerprint density at radius 2 is 2.13 bits per heavy atom. The van der Waals surface area contributed by atoms with Gasteiger partial charge >= 0.3 is 17.9 Å². The van der Waals surface area contributed by atoms with Gasteiger partial charge in [-0.05, 0) is 0 Å². The van der Waals surface area contributed by atoms with Gasteiger partial charge in [-0.1, -0.05) is 0 Å². The Kier molecular flexibility index (Phi) is 2.94. The van der Waals surface area contributed by atoms with Crippen molar-refractivity contribution in [2.75, 3.05) is 0 Å². The Balaban J connectivity index is 2.80. The van der Waals surface area contributed by atoms with E-state index in [1.165, 1.54) is 0 Å². The van der Waals surface area contributed by atoms with E-state index in [2.05, 4.69) is 4.74 Å². The smallest absolute Gasteiger partial charge is 0.348 e. The second kappa shape index (κ2) is 3.85. The van der Waals surface area contributed by atoms with Crippen molar-refractivity contribution in [1.82, 2.24) is 0 Å².